The van der Waals surface area contributed by atoms with Crippen LogP contribution in [0, 0.1) is 0 Å². The van der Waals surface area contributed by atoms with Gasteiger partial charge in [0.25, 0.3) is 0 Å². The van der Waals surface area contributed by atoms with Crippen molar-refractivity contribution >= 4 is 22.4 Å². The number of aromatic hydroxyl groups is 1. The van der Waals surface area contributed by atoms with Crippen LogP contribution in [-0.2, 0) is 6.54 Å². The first kappa shape index (κ1) is 19.1. The Bertz CT molecular complexity index is 1020. The van der Waals surface area contributed by atoms with Crippen LogP contribution >= 0.6 is 0 Å². The minimum atomic E-state index is 0.316. The zero-order chi connectivity index (χ0) is 20.4. The van der Waals surface area contributed by atoms with Crippen molar-refractivity contribution < 1.29 is 14.6 Å². The van der Waals surface area contributed by atoms with E-state index >= 15 is 0 Å². The molecule has 29 heavy (non-hydrogen) atoms. The molecule has 0 atom stereocenters. The zero-order valence-corrected chi connectivity index (χ0v) is 16.6. The van der Waals surface area contributed by atoms with Gasteiger partial charge in [-0.25, -0.2) is 9.97 Å². The van der Waals surface area contributed by atoms with E-state index in [0.29, 0.717) is 35.4 Å². The molecule has 2 aromatic carbocycles. The van der Waals surface area contributed by atoms with Crippen molar-refractivity contribution in [2.45, 2.75) is 6.54 Å². The number of rotatable bonds is 5. The van der Waals surface area contributed by atoms with Crippen molar-refractivity contribution in [1.29, 1.82) is 0 Å². The minimum Gasteiger partial charge on any atom is -0.506 e. The molecule has 1 fully saturated rings. The Hall–Kier alpha value is -3.26. The number of ether oxygens (including phenoxy) is 2. The summed E-state index contributed by atoms with van der Waals surface area (Å²) in [5.41, 5.74) is 7.80. The van der Waals surface area contributed by atoms with E-state index < -0.39 is 0 Å². The summed E-state index contributed by atoms with van der Waals surface area (Å²) in [6.07, 6.45) is 0. The summed E-state index contributed by atoms with van der Waals surface area (Å²) < 4.78 is 10.7. The van der Waals surface area contributed by atoms with Crippen LogP contribution in [0.2, 0.25) is 0 Å². The molecule has 1 aromatic heterocycles. The molecule has 1 saturated heterocycles. The number of para-hydroxylation sites is 2. The number of hydrogen-bond acceptors (Lipinski definition) is 8. The second-order valence-corrected chi connectivity index (χ2v) is 7.00. The SMILES string of the molecule is COc1cc2nc(CN3CCN(c4ccccc4O)CC3)nc(N)c2cc1OC. The lowest BCUT2D eigenvalue weighted by molar-refractivity contribution is 0.244. The van der Waals surface area contributed by atoms with E-state index in [9.17, 15) is 5.11 Å². The van der Waals surface area contributed by atoms with E-state index in [4.69, 9.17) is 15.2 Å². The average molecular weight is 395 g/mol. The molecule has 0 saturated carbocycles. The van der Waals surface area contributed by atoms with Gasteiger partial charge in [-0.2, -0.15) is 0 Å². The van der Waals surface area contributed by atoms with E-state index in [-0.39, 0.29) is 0 Å². The molecule has 0 radical (unpaired) electrons. The van der Waals surface area contributed by atoms with Gasteiger partial charge in [0.15, 0.2) is 11.5 Å². The van der Waals surface area contributed by atoms with Gasteiger partial charge in [0, 0.05) is 37.6 Å². The van der Waals surface area contributed by atoms with E-state index in [2.05, 4.69) is 19.8 Å². The molecule has 8 heteroatoms. The number of phenols is 1. The van der Waals surface area contributed by atoms with Gasteiger partial charge >= 0.3 is 0 Å². The maximum Gasteiger partial charge on any atom is 0.162 e. The highest BCUT2D eigenvalue weighted by Crippen LogP contribution is 2.33. The van der Waals surface area contributed by atoms with Gasteiger partial charge in [0.1, 0.15) is 17.4 Å². The average Bonchev–Trinajstić information content (AvgIpc) is 2.74. The summed E-state index contributed by atoms with van der Waals surface area (Å²) in [5, 5.41) is 10.8. The van der Waals surface area contributed by atoms with Gasteiger partial charge in [0.05, 0.1) is 32.0 Å². The highest BCUT2D eigenvalue weighted by atomic mass is 16.5. The van der Waals surface area contributed by atoms with Crippen LogP contribution < -0.4 is 20.1 Å². The number of methoxy groups -OCH3 is 2. The fourth-order valence-electron chi connectivity index (χ4n) is 3.68. The molecule has 3 N–H and O–H groups in total. The molecule has 1 aliphatic heterocycles. The van der Waals surface area contributed by atoms with E-state index in [1.165, 1.54) is 0 Å². The molecule has 2 heterocycles. The maximum absolute atomic E-state index is 10.1. The molecule has 152 valence electrons. The Kier molecular flexibility index (Phi) is 5.26. The number of fused-ring (bicyclic) bond motifs is 1. The maximum atomic E-state index is 10.1. The highest BCUT2D eigenvalue weighted by molar-refractivity contribution is 5.90. The number of aromatic nitrogens is 2. The number of hydrogen-bond donors (Lipinski definition) is 2. The van der Waals surface area contributed by atoms with Crippen molar-refractivity contribution in [2.75, 3.05) is 51.0 Å². The van der Waals surface area contributed by atoms with Crippen LogP contribution in [-0.4, -0.2) is 60.4 Å². The van der Waals surface area contributed by atoms with Gasteiger partial charge in [-0.1, -0.05) is 12.1 Å². The molecule has 4 rings (SSSR count). The summed E-state index contributed by atoms with van der Waals surface area (Å²) in [6, 6.07) is 11.1. The largest absolute Gasteiger partial charge is 0.506 e. The van der Waals surface area contributed by atoms with Crippen molar-refractivity contribution in [2.24, 2.45) is 0 Å². The molecule has 8 nitrogen and oxygen atoms in total. The third-order valence-electron chi connectivity index (χ3n) is 5.24. The summed E-state index contributed by atoms with van der Waals surface area (Å²) in [4.78, 5) is 13.7. The number of benzene rings is 2. The Morgan fingerprint density at radius 1 is 1.00 bits per heavy atom. The highest BCUT2D eigenvalue weighted by Gasteiger charge is 2.20. The van der Waals surface area contributed by atoms with Crippen molar-refractivity contribution in [3.8, 4) is 17.2 Å². The lowest BCUT2D eigenvalue weighted by atomic mass is 10.2. The first-order chi connectivity index (χ1) is 14.1. The lowest BCUT2D eigenvalue weighted by Crippen LogP contribution is -2.46. The molecule has 0 spiro atoms. The third kappa shape index (κ3) is 3.84. The molecule has 0 aliphatic carbocycles. The van der Waals surface area contributed by atoms with Gasteiger partial charge in [-0.3, -0.25) is 4.90 Å². The van der Waals surface area contributed by atoms with E-state index in [0.717, 1.165) is 42.8 Å². The molecule has 0 bridgehead atoms. The summed E-state index contributed by atoms with van der Waals surface area (Å²) >= 11 is 0. The van der Waals surface area contributed by atoms with Crippen molar-refractivity contribution in [1.82, 2.24) is 14.9 Å². The summed E-state index contributed by atoms with van der Waals surface area (Å²) in [6.45, 7) is 3.96. The second-order valence-electron chi connectivity index (χ2n) is 7.00. The van der Waals surface area contributed by atoms with Crippen molar-refractivity contribution in [3.63, 3.8) is 0 Å². The van der Waals surface area contributed by atoms with Gasteiger partial charge in [0.2, 0.25) is 0 Å². The quantitative estimate of drug-likeness (QED) is 0.679. The van der Waals surface area contributed by atoms with E-state index in [1.54, 1.807) is 26.4 Å². The molecule has 0 unspecified atom stereocenters. The number of nitrogens with two attached hydrogens (primary N) is 1. The van der Waals surface area contributed by atoms with Gasteiger partial charge in [-0.15, -0.1) is 0 Å². The van der Waals surface area contributed by atoms with Crippen LogP contribution in [0.4, 0.5) is 11.5 Å². The number of nitrogens with zero attached hydrogens (tertiary/aromatic N) is 4. The Morgan fingerprint density at radius 2 is 1.69 bits per heavy atom. The minimum absolute atomic E-state index is 0.316. The van der Waals surface area contributed by atoms with Crippen LogP contribution in [0.25, 0.3) is 10.9 Å². The Morgan fingerprint density at radius 3 is 2.38 bits per heavy atom. The molecule has 0 amide bonds. The second kappa shape index (κ2) is 8.00. The van der Waals surface area contributed by atoms with E-state index in [1.807, 2.05) is 24.3 Å². The zero-order valence-electron chi connectivity index (χ0n) is 16.6. The van der Waals surface area contributed by atoms with Crippen molar-refractivity contribution in [3.05, 3.63) is 42.2 Å². The van der Waals surface area contributed by atoms with Gasteiger partial charge < -0.3 is 25.2 Å². The molecule has 1 aliphatic rings. The molecule has 3 aromatic rings. The smallest absolute Gasteiger partial charge is 0.162 e. The number of nitrogen functional groups attached to an aromatic ring is 1. The number of piperazine rings is 1. The fourth-order valence-corrected chi connectivity index (χ4v) is 3.68. The Labute approximate surface area is 169 Å². The first-order valence-corrected chi connectivity index (χ1v) is 9.52. The lowest BCUT2D eigenvalue weighted by Gasteiger charge is -2.36. The van der Waals surface area contributed by atoms with Crippen LogP contribution in [0.5, 0.6) is 17.2 Å². The van der Waals surface area contributed by atoms with Crippen LogP contribution in [0.3, 0.4) is 0 Å². The van der Waals surface area contributed by atoms with Crippen LogP contribution in [0.15, 0.2) is 36.4 Å². The fraction of sp³-hybridized carbons (Fsp3) is 0.333. The topological polar surface area (TPSA) is 97.0 Å². The standard InChI is InChI=1S/C21H25N5O3/c1-28-18-11-14-15(12-19(18)29-2)23-20(24-21(14)22)13-25-7-9-26(10-8-25)16-5-3-4-6-17(16)27/h3-6,11-12,27H,7-10,13H2,1-2H3,(H2,22,23,24). The first-order valence-electron chi connectivity index (χ1n) is 9.52. The molecular weight excluding hydrogens is 370 g/mol. The number of phenolic OH excluding ortho intramolecular Hbond substituents is 1. The number of anilines is 2. The van der Waals surface area contributed by atoms with Crippen LogP contribution in [0.1, 0.15) is 5.82 Å². The summed E-state index contributed by atoms with van der Waals surface area (Å²) in [7, 11) is 3.18. The third-order valence-corrected chi connectivity index (χ3v) is 5.24. The normalized spacial score (nSPS) is 14.9. The summed E-state index contributed by atoms with van der Waals surface area (Å²) in [5.74, 6) is 2.64. The molecular formula is C21H25N5O3. The predicted octanol–water partition coefficient (Wildman–Crippen LogP) is 2.26. The monoisotopic (exact) mass is 395 g/mol. The van der Waals surface area contributed by atoms with Gasteiger partial charge in [-0.05, 0) is 18.2 Å². The Balaban J connectivity index is 1.49. The predicted molar refractivity (Wildman–Crippen MR) is 113 cm³/mol.